The fourth-order valence-electron chi connectivity index (χ4n) is 1.88. The highest BCUT2D eigenvalue weighted by Gasteiger charge is 2.08. The third-order valence-corrected chi connectivity index (χ3v) is 3.18. The van der Waals surface area contributed by atoms with Gasteiger partial charge in [0.1, 0.15) is 6.54 Å². The predicted molar refractivity (Wildman–Crippen MR) is 86.5 cm³/mol. The summed E-state index contributed by atoms with van der Waals surface area (Å²) in [5.74, 6) is 0.978. The number of benzene rings is 1. The smallest absolute Gasteiger partial charge is 0.243 e. The molecule has 1 aromatic heterocycles. The second-order valence-electron chi connectivity index (χ2n) is 5.65. The van der Waals surface area contributed by atoms with Gasteiger partial charge in [0.25, 0.3) is 0 Å². The zero-order chi connectivity index (χ0) is 16.5. The number of ether oxygens (including phenoxy) is 1. The Bertz CT molecular complexity index is 598. The van der Waals surface area contributed by atoms with Gasteiger partial charge in [-0.15, -0.1) is 10.2 Å². The maximum Gasteiger partial charge on any atom is 0.243 e. The van der Waals surface area contributed by atoms with E-state index in [4.69, 9.17) is 4.74 Å². The molecule has 0 saturated heterocycles. The van der Waals surface area contributed by atoms with Gasteiger partial charge in [-0.25, -0.2) is 0 Å². The minimum Gasteiger partial charge on any atom is -0.380 e. The van der Waals surface area contributed by atoms with Crippen molar-refractivity contribution in [1.82, 2.24) is 25.5 Å². The molecule has 7 nitrogen and oxygen atoms in total. The number of amides is 1. The number of hydrogen-bond acceptors (Lipinski definition) is 5. The molecule has 7 heteroatoms. The predicted octanol–water partition coefficient (Wildman–Crippen LogP) is 1.52. The minimum atomic E-state index is -0.158. The van der Waals surface area contributed by atoms with Crippen LogP contribution in [0.1, 0.15) is 20.3 Å². The zero-order valence-electron chi connectivity index (χ0n) is 13.6. The Labute approximate surface area is 136 Å². The molecule has 0 spiro atoms. The number of carbonyl (C=O) groups excluding carboxylic acids is 1. The van der Waals surface area contributed by atoms with Crippen LogP contribution in [0.4, 0.5) is 0 Å². The number of carbonyl (C=O) groups is 1. The fraction of sp³-hybridized carbons (Fsp3) is 0.500. The van der Waals surface area contributed by atoms with Crippen LogP contribution < -0.4 is 5.32 Å². The lowest BCUT2D eigenvalue weighted by Crippen LogP contribution is -2.31. The van der Waals surface area contributed by atoms with Crippen molar-refractivity contribution < 1.29 is 9.53 Å². The molecule has 124 valence electrons. The van der Waals surface area contributed by atoms with Crippen molar-refractivity contribution in [3.8, 4) is 11.4 Å². The molecule has 0 aliphatic rings. The van der Waals surface area contributed by atoms with E-state index in [2.05, 4.69) is 34.6 Å². The summed E-state index contributed by atoms with van der Waals surface area (Å²) in [7, 11) is 0. The quantitative estimate of drug-likeness (QED) is 0.709. The first kappa shape index (κ1) is 17.1. The van der Waals surface area contributed by atoms with Crippen LogP contribution in [0, 0.1) is 5.92 Å². The molecule has 0 aliphatic carbocycles. The Morgan fingerprint density at radius 2 is 2.04 bits per heavy atom. The van der Waals surface area contributed by atoms with E-state index >= 15 is 0 Å². The van der Waals surface area contributed by atoms with Gasteiger partial charge in [0.05, 0.1) is 6.61 Å². The van der Waals surface area contributed by atoms with Gasteiger partial charge in [0.2, 0.25) is 11.7 Å². The molecule has 1 amide bonds. The number of tetrazole rings is 1. The molecule has 0 radical (unpaired) electrons. The highest BCUT2D eigenvalue weighted by Crippen LogP contribution is 2.11. The van der Waals surface area contributed by atoms with Gasteiger partial charge in [-0.2, -0.15) is 4.80 Å². The Hall–Kier alpha value is -2.28. The van der Waals surface area contributed by atoms with Crippen LogP contribution in [-0.2, 0) is 16.1 Å². The normalized spacial score (nSPS) is 10.9. The Morgan fingerprint density at radius 3 is 2.78 bits per heavy atom. The Morgan fingerprint density at radius 1 is 1.26 bits per heavy atom. The number of nitrogens with one attached hydrogen (secondary N) is 1. The summed E-state index contributed by atoms with van der Waals surface area (Å²) in [6.07, 6.45) is 1.03. The molecular formula is C16H23N5O2. The van der Waals surface area contributed by atoms with Crippen molar-refractivity contribution in [2.75, 3.05) is 19.8 Å². The van der Waals surface area contributed by atoms with E-state index in [1.165, 1.54) is 4.80 Å². The molecule has 2 rings (SSSR count). The van der Waals surface area contributed by atoms with Crippen molar-refractivity contribution in [3.05, 3.63) is 30.3 Å². The average molecular weight is 317 g/mol. The van der Waals surface area contributed by atoms with Crippen LogP contribution in [0.2, 0.25) is 0 Å². The molecule has 1 heterocycles. The largest absolute Gasteiger partial charge is 0.380 e. The maximum atomic E-state index is 11.8. The first-order chi connectivity index (χ1) is 11.1. The monoisotopic (exact) mass is 317 g/mol. The summed E-state index contributed by atoms with van der Waals surface area (Å²) >= 11 is 0. The van der Waals surface area contributed by atoms with Gasteiger partial charge in [0.15, 0.2) is 0 Å². The van der Waals surface area contributed by atoms with Crippen LogP contribution >= 0.6 is 0 Å². The number of hydrogen-bond donors (Lipinski definition) is 1. The van der Waals surface area contributed by atoms with E-state index in [1.54, 1.807) is 0 Å². The SMILES string of the molecule is CC(C)CCOCCNC(=O)Cn1nnc(-c2ccccc2)n1. The summed E-state index contributed by atoms with van der Waals surface area (Å²) in [5.41, 5.74) is 0.873. The van der Waals surface area contributed by atoms with Crippen LogP contribution in [-0.4, -0.2) is 45.9 Å². The molecule has 2 aromatic rings. The second-order valence-corrected chi connectivity index (χ2v) is 5.65. The van der Waals surface area contributed by atoms with Crippen molar-refractivity contribution in [1.29, 1.82) is 0 Å². The van der Waals surface area contributed by atoms with E-state index < -0.39 is 0 Å². The van der Waals surface area contributed by atoms with Gasteiger partial charge in [-0.3, -0.25) is 4.79 Å². The third kappa shape index (κ3) is 6.15. The van der Waals surface area contributed by atoms with Crippen LogP contribution in [0.5, 0.6) is 0 Å². The summed E-state index contributed by atoms with van der Waals surface area (Å²) in [6, 6.07) is 9.53. The molecule has 0 aliphatic heterocycles. The van der Waals surface area contributed by atoms with Crippen molar-refractivity contribution in [2.24, 2.45) is 5.92 Å². The van der Waals surface area contributed by atoms with E-state index in [1.807, 2.05) is 30.3 Å². The highest BCUT2D eigenvalue weighted by molar-refractivity contribution is 5.75. The number of nitrogens with zero attached hydrogens (tertiary/aromatic N) is 4. The lowest BCUT2D eigenvalue weighted by Gasteiger charge is -2.07. The summed E-state index contributed by atoms with van der Waals surface area (Å²) in [5, 5.41) is 14.8. The van der Waals surface area contributed by atoms with E-state index in [9.17, 15) is 4.79 Å². The molecule has 0 fully saturated rings. The van der Waals surface area contributed by atoms with E-state index in [0.717, 1.165) is 18.6 Å². The van der Waals surface area contributed by atoms with Gasteiger partial charge >= 0.3 is 0 Å². The standard InChI is InChI=1S/C16H23N5O2/c1-13(2)8-10-23-11-9-17-15(22)12-21-19-16(18-20-21)14-6-4-3-5-7-14/h3-7,13H,8-12H2,1-2H3,(H,17,22). The van der Waals surface area contributed by atoms with E-state index in [0.29, 0.717) is 24.9 Å². The van der Waals surface area contributed by atoms with Crippen molar-refractivity contribution >= 4 is 5.91 Å². The topological polar surface area (TPSA) is 81.9 Å². The molecular weight excluding hydrogens is 294 g/mol. The minimum absolute atomic E-state index is 0.0474. The fourth-order valence-corrected chi connectivity index (χ4v) is 1.88. The molecule has 1 N–H and O–H groups in total. The molecule has 0 bridgehead atoms. The molecule has 23 heavy (non-hydrogen) atoms. The zero-order valence-corrected chi connectivity index (χ0v) is 13.6. The maximum absolute atomic E-state index is 11.8. The van der Waals surface area contributed by atoms with Gasteiger partial charge in [-0.05, 0) is 17.6 Å². The van der Waals surface area contributed by atoms with Gasteiger partial charge in [-0.1, -0.05) is 44.2 Å². The number of rotatable bonds is 9. The lowest BCUT2D eigenvalue weighted by molar-refractivity contribution is -0.122. The lowest BCUT2D eigenvalue weighted by atomic mass is 10.1. The van der Waals surface area contributed by atoms with Crippen molar-refractivity contribution in [3.63, 3.8) is 0 Å². The number of aromatic nitrogens is 4. The molecule has 0 saturated carbocycles. The summed E-state index contributed by atoms with van der Waals surface area (Å²) < 4.78 is 5.44. The van der Waals surface area contributed by atoms with Crippen LogP contribution in [0.25, 0.3) is 11.4 Å². The van der Waals surface area contributed by atoms with Crippen LogP contribution in [0.15, 0.2) is 30.3 Å². The molecule has 0 atom stereocenters. The van der Waals surface area contributed by atoms with Gasteiger partial charge < -0.3 is 10.1 Å². The Balaban J connectivity index is 1.69. The second kappa shape index (κ2) is 8.99. The highest BCUT2D eigenvalue weighted by atomic mass is 16.5. The van der Waals surface area contributed by atoms with E-state index in [-0.39, 0.29) is 12.5 Å². The average Bonchev–Trinajstić information content (AvgIpc) is 3.00. The molecule has 0 unspecified atom stereocenters. The summed E-state index contributed by atoms with van der Waals surface area (Å²) in [4.78, 5) is 13.1. The van der Waals surface area contributed by atoms with Crippen LogP contribution in [0.3, 0.4) is 0 Å². The first-order valence-electron chi connectivity index (χ1n) is 7.83. The molecule has 1 aromatic carbocycles. The third-order valence-electron chi connectivity index (χ3n) is 3.18. The van der Waals surface area contributed by atoms with Gasteiger partial charge in [0, 0.05) is 18.7 Å². The summed E-state index contributed by atoms with van der Waals surface area (Å²) in [6.45, 7) is 6.07. The first-order valence-corrected chi connectivity index (χ1v) is 7.83. The van der Waals surface area contributed by atoms with Crippen molar-refractivity contribution in [2.45, 2.75) is 26.8 Å². The Kier molecular flexibility index (Phi) is 6.68.